The number of hydrogen-bond donors (Lipinski definition) is 1. The Morgan fingerprint density at radius 3 is 2.21 bits per heavy atom. The van der Waals surface area contributed by atoms with E-state index in [0.29, 0.717) is 24.3 Å². The summed E-state index contributed by atoms with van der Waals surface area (Å²) in [6.07, 6.45) is 0. The van der Waals surface area contributed by atoms with Crippen LogP contribution in [0.15, 0.2) is 48.5 Å². The third-order valence-electron chi connectivity index (χ3n) is 5.05. The Hall–Kier alpha value is -3.02. The summed E-state index contributed by atoms with van der Waals surface area (Å²) in [6, 6.07) is 15.1. The van der Waals surface area contributed by atoms with Gasteiger partial charge < -0.3 is 19.9 Å². The molecule has 0 bridgehead atoms. The normalized spacial score (nSPS) is 14.5. The highest BCUT2D eigenvalue weighted by Gasteiger charge is 2.24. The van der Waals surface area contributed by atoms with Gasteiger partial charge in [0.05, 0.1) is 7.11 Å². The number of amides is 2. The second-order valence-corrected chi connectivity index (χ2v) is 8.26. The van der Waals surface area contributed by atoms with Crippen molar-refractivity contribution in [1.29, 1.82) is 0 Å². The lowest BCUT2D eigenvalue weighted by atomic mass is 9.95. The molecule has 2 amide bonds. The van der Waals surface area contributed by atoms with Gasteiger partial charge in [-0.05, 0) is 42.5 Å². The molecule has 1 fully saturated rings. The van der Waals surface area contributed by atoms with Crippen molar-refractivity contribution in [1.82, 2.24) is 4.90 Å². The molecule has 0 radical (unpaired) electrons. The maximum absolute atomic E-state index is 12.9. The summed E-state index contributed by atoms with van der Waals surface area (Å²) in [5, 5.41) is 2.89. The molecule has 1 heterocycles. The number of rotatable bonds is 4. The first kappa shape index (κ1) is 20.7. The Kier molecular flexibility index (Phi) is 6.11. The van der Waals surface area contributed by atoms with Gasteiger partial charge in [0.2, 0.25) is 5.91 Å². The molecule has 1 aliphatic heterocycles. The lowest BCUT2D eigenvalue weighted by molar-refractivity contribution is -0.123. The molecule has 1 saturated heterocycles. The maximum Gasteiger partial charge on any atom is 0.254 e. The van der Waals surface area contributed by atoms with Gasteiger partial charge in [0, 0.05) is 48.5 Å². The van der Waals surface area contributed by atoms with Crippen LogP contribution in [0.4, 0.5) is 11.4 Å². The fourth-order valence-electron chi connectivity index (χ4n) is 3.19. The van der Waals surface area contributed by atoms with E-state index in [4.69, 9.17) is 4.74 Å². The summed E-state index contributed by atoms with van der Waals surface area (Å²) < 4.78 is 5.21. The number of benzene rings is 2. The predicted molar refractivity (Wildman–Crippen MR) is 116 cm³/mol. The highest BCUT2D eigenvalue weighted by molar-refractivity contribution is 5.98. The van der Waals surface area contributed by atoms with E-state index in [2.05, 4.69) is 10.2 Å². The molecule has 2 aromatic carbocycles. The number of carbonyl (C=O) groups excluding carboxylic acids is 2. The SMILES string of the molecule is COc1ccc(N2CCN(C(=O)c3cccc(NC(=O)C(C)(C)C)c3)CC2)cc1. The van der Waals surface area contributed by atoms with Gasteiger partial charge >= 0.3 is 0 Å². The predicted octanol–water partition coefficient (Wildman–Crippen LogP) is 3.64. The molecule has 154 valence electrons. The van der Waals surface area contributed by atoms with Crippen LogP contribution in [0.3, 0.4) is 0 Å². The number of nitrogens with one attached hydrogen (secondary N) is 1. The lowest BCUT2D eigenvalue weighted by Gasteiger charge is -2.36. The van der Waals surface area contributed by atoms with Crippen LogP contribution >= 0.6 is 0 Å². The molecule has 0 spiro atoms. The topological polar surface area (TPSA) is 61.9 Å². The zero-order valence-electron chi connectivity index (χ0n) is 17.6. The zero-order valence-corrected chi connectivity index (χ0v) is 17.6. The summed E-state index contributed by atoms with van der Waals surface area (Å²) in [5.41, 5.74) is 1.88. The summed E-state index contributed by atoms with van der Waals surface area (Å²) >= 11 is 0. The molecule has 0 aromatic heterocycles. The second kappa shape index (κ2) is 8.55. The first-order valence-corrected chi connectivity index (χ1v) is 9.88. The van der Waals surface area contributed by atoms with Gasteiger partial charge in [-0.25, -0.2) is 0 Å². The number of hydrogen-bond acceptors (Lipinski definition) is 4. The Morgan fingerprint density at radius 2 is 1.62 bits per heavy atom. The van der Waals surface area contributed by atoms with Crippen molar-refractivity contribution in [2.24, 2.45) is 5.41 Å². The Balaban J connectivity index is 1.61. The zero-order chi connectivity index (χ0) is 21.0. The van der Waals surface area contributed by atoms with E-state index in [1.807, 2.05) is 56.0 Å². The minimum Gasteiger partial charge on any atom is -0.497 e. The molecule has 6 heteroatoms. The maximum atomic E-state index is 12.9. The molecule has 1 N–H and O–H groups in total. The van der Waals surface area contributed by atoms with Crippen molar-refractivity contribution < 1.29 is 14.3 Å². The molecule has 0 unspecified atom stereocenters. The third kappa shape index (κ3) is 5.08. The molecule has 29 heavy (non-hydrogen) atoms. The molecule has 3 rings (SSSR count). The molecular formula is C23H29N3O3. The minimum absolute atomic E-state index is 0.00811. The van der Waals surface area contributed by atoms with Gasteiger partial charge in [0.1, 0.15) is 5.75 Å². The number of carbonyl (C=O) groups is 2. The molecule has 0 aliphatic carbocycles. The van der Waals surface area contributed by atoms with E-state index in [1.54, 1.807) is 25.3 Å². The van der Waals surface area contributed by atoms with Gasteiger partial charge in [0.15, 0.2) is 0 Å². The summed E-state index contributed by atoms with van der Waals surface area (Å²) in [6.45, 7) is 8.45. The number of ether oxygens (including phenoxy) is 1. The second-order valence-electron chi connectivity index (χ2n) is 8.26. The standard InChI is InChI=1S/C23H29N3O3/c1-23(2,3)22(28)24-18-7-5-6-17(16-18)21(27)26-14-12-25(13-15-26)19-8-10-20(29-4)11-9-19/h5-11,16H,12-15H2,1-4H3,(H,24,28). The molecule has 2 aromatic rings. The third-order valence-corrected chi connectivity index (χ3v) is 5.05. The smallest absolute Gasteiger partial charge is 0.254 e. The summed E-state index contributed by atoms with van der Waals surface area (Å²) in [4.78, 5) is 29.3. The van der Waals surface area contributed by atoms with Crippen LogP contribution in [0.1, 0.15) is 31.1 Å². The minimum atomic E-state index is -0.488. The Morgan fingerprint density at radius 1 is 0.966 bits per heavy atom. The van der Waals surface area contributed by atoms with Crippen LogP contribution in [-0.2, 0) is 4.79 Å². The van der Waals surface area contributed by atoms with Crippen LogP contribution in [0.25, 0.3) is 0 Å². The van der Waals surface area contributed by atoms with Gasteiger partial charge in [-0.1, -0.05) is 26.8 Å². The molecule has 1 aliphatic rings. The van der Waals surface area contributed by atoms with Gasteiger partial charge in [-0.3, -0.25) is 9.59 Å². The molecule has 6 nitrogen and oxygen atoms in total. The molecule has 0 saturated carbocycles. The molecule has 0 atom stereocenters. The summed E-state index contributed by atoms with van der Waals surface area (Å²) in [7, 11) is 1.66. The average Bonchev–Trinajstić information content (AvgIpc) is 2.73. The average molecular weight is 396 g/mol. The van der Waals surface area contributed by atoms with Crippen molar-refractivity contribution in [2.45, 2.75) is 20.8 Å². The number of piperazine rings is 1. The highest BCUT2D eigenvalue weighted by atomic mass is 16.5. The van der Waals surface area contributed by atoms with Gasteiger partial charge in [-0.2, -0.15) is 0 Å². The van der Waals surface area contributed by atoms with Crippen LogP contribution in [0.2, 0.25) is 0 Å². The lowest BCUT2D eigenvalue weighted by Crippen LogP contribution is -2.48. The van der Waals surface area contributed by atoms with Crippen molar-refractivity contribution >= 4 is 23.2 Å². The van der Waals surface area contributed by atoms with Crippen molar-refractivity contribution in [3.05, 3.63) is 54.1 Å². The highest BCUT2D eigenvalue weighted by Crippen LogP contribution is 2.22. The van der Waals surface area contributed by atoms with E-state index < -0.39 is 5.41 Å². The van der Waals surface area contributed by atoms with E-state index in [-0.39, 0.29) is 11.8 Å². The number of nitrogens with zero attached hydrogens (tertiary/aromatic N) is 2. The monoisotopic (exact) mass is 395 g/mol. The Labute approximate surface area is 172 Å². The quantitative estimate of drug-likeness (QED) is 0.859. The first-order valence-electron chi connectivity index (χ1n) is 9.88. The van der Waals surface area contributed by atoms with Crippen LogP contribution in [0, 0.1) is 5.41 Å². The van der Waals surface area contributed by atoms with Crippen LogP contribution in [-0.4, -0.2) is 50.0 Å². The summed E-state index contributed by atoms with van der Waals surface area (Å²) in [5.74, 6) is 0.752. The van der Waals surface area contributed by atoms with Gasteiger partial charge in [0.25, 0.3) is 5.91 Å². The van der Waals surface area contributed by atoms with E-state index in [9.17, 15) is 9.59 Å². The van der Waals surface area contributed by atoms with Gasteiger partial charge in [-0.15, -0.1) is 0 Å². The van der Waals surface area contributed by atoms with Crippen LogP contribution < -0.4 is 15.0 Å². The molecular weight excluding hydrogens is 366 g/mol. The van der Waals surface area contributed by atoms with Crippen LogP contribution in [0.5, 0.6) is 5.75 Å². The van der Waals surface area contributed by atoms with Crippen molar-refractivity contribution in [2.75, 3.05) is 43.5 Å². The van der Waals surface area contributed by atoms with E-state index in [0.717, 1.165) is 24.5 Å². The number of methoxy groups -OCH3 is 1. The Bertz CT molecular complexity index is 864. The number of anilines is 2. The fraction of sp³-hybridized carbons (Fsp3) is 0.391. The van der Waals surface area contributed by atoms with Crippen molar-refractivity contribution in [3.63, 3.8) is 0 Å². The van der Waals surface area contributed by atoms with E-state index >= 15 is 0 Å². The van der Waals surface area contributed by atoms with E-state index in [1.165, 1.54) is 0 Å². The first-order chi connectivity index (χ1) is 13.8. The largest absolute Gasteiger partial charge is 0.497 e. The van der Waals surface area contributed by atoms with Crippen molar-refractivity contribution in [3.8, 4) is 5.75 Å². The fourth-order valence-corrected chi connectivity index (χ4v) is 3.19.